The molecule has 0 saturated heterocycles. The van der Waals surface area contributed by atoms with Gasteiger partial charge in [-0.1, -0.05) is 23.2 Å². The molecule has 2 aromatic heterocycles. The van der Waals surface area contributed by atoms with Crippen LogP contribution in [0.3, 0.4) is 0 Å². The number of aromatic nitrogens is 1. The van der Waals surface area contributed by atoms with Crippen LogP contribution < -0.4 is 0 Å². The number of halogens is 3. The van der Waals surface area contributed by atoms with Gasteiger partial charge in [-0.2, -0.15) is 0 Å². The minimum Gasteiger partial charge on any atom is -0.452 e. The first-order chi connectivity index (χ1) is 8.97. The minimum absolute atomic E-state index is 0.0879. The summed E-state index contributed by atoms with van der Waals surface area (Å²) in [6.45, 7) is 0.337. The third-order valence-corrected chi connectivity index (χ3v) is 3.34. The molecular weight excluding hydrogens is 355 g/mol. The molecule has 4 nitrogen and oxygen atoms in total. The largest absolute Gasteiger partial charge is 0.452 e. The summed E-state index contributed by atoms with van der Waals surface area (Å²) in [6, 6.07) is 6.63. The zero-order chi connectivity index (χ0) is 14.0. The molecule has 0 unspecified atom stereocenters. The lowest BCUT2D eigenvalue weighted by Crippen LogP contribution is -2.26. The number of hydrogen-bond acceptors (Lipinski definition) is 3. The number of hydrogen-bond donors (Lipinski definition) is 0. The zero-order valence-electron chi connectivity index (χ0n) is 9.86. The van der Waals surface area contributed by atoms with E-state index in [1.165, 1.54) is 11.0 Å². The lowest BCUT2D eigenvalue weighted by atomic mass is 10.2. The van der Waals surface area contributed by atoms with E-state index in [0.717, 1.165) is 0 Å². The highest BCUT2D eigenvalue weighted by Crippen LogP contribution is 2.20. The van der Waals surface area contributed by atoms with E-state index in [4.69, 9.17) is 27.6 Å². The van der Waals surface area contributed by atoms with Crippen LogP contribution in [0.4, 0.5) is 0 Å². The van der Waals surface area contributed by atoms with Gasteiger partial charge in [0.2, 0.25) is 0 Å². The molecule has 0 bridgehead atoms. The molecule has 0 radical (unpaired) electrons. The molecule has 0 aliphatic carbocycles. The summed E-state index contributed by atoms with van der Waals surface area (Å²) >= 11 is 14.8. The second-order valence-corrected chi connectivity index (χ2v) is 5.37. The minimum atomic E-state index is -0.248. The molecule has 0 aliphatic rings. The number of carbonyl (C=O) groups is 1. The Bertz CT molecular complexity index is 616. The van der Waals surface area contributed by atoms with E-state index in [9.17, 15) is 4.79 Å². The quantitative estimate of drug-likeness (QED) is 0.774. The molecular formula is C12H9BrCl2N2O2. The van der Waals surface area contributed by atoms with Gasteiger partial charge < -0.3 is 9.32 Å². The van der Waals surface area contributed by atoms with Crippen LogP contribution in [0, 0.1) is 0 Å². The first kappa shape index (κ1) is 14.4. The predicted molar refractivity (Wildman–Crippen MR) is 76.5 cm³/mol. The van der Waals surface area contributed by atoms with E-state index in [1.807, 2.05) is 0 Å². The molecule has 0 fully saturated rings. The Morgan fingerprint density at radius 2 is 2.11 bits per heavy atom. The smallest absolute Gasteiger partial charge is 0.257 e. The summed E-state index contributed by atoms with van der Waals surface area (Å²) < 4.78 is 5.96. The normalized spacial score (nSPS) is 10.5. The lowest BCUT2D eigenvalue weighted by Gasteiger charge is -2.16. The highest BCUT2D eigenvalue weighted by atomic mass is 79.9. The fraction of sp³-hybridized carbons (Fsp3) is 0.167. The summed E-state index contributed by atoms with van der Waals surface area (Å²) in [4.78, 5) is 17.5. The van der Waals surface area contributed by atoms with Gasteiger partial charge in [-0.05, 0) is 40.2 Å². The van der Waals surface area contributed by atoms with E-state index in [-0.39, 0.29) is 16.2 Å². The average molecular weight is 364 g/mol. The van der Waals surface area contributed by atoms with Crippen LogP contribution in [0.25, 0.3) is 0 Å². The van der Waals surface area contributed by atoms with Crippen LogP contribution >= 0.6 is 39.1 Å². The maximum absolute atomic E-state index is 12.2. The molecule has 0 aliphatic heterocycles. The van der Waals surface area contributed by atoms with Gasteiger partial charge in [0, 0.05) is 7.05 Å². The summed E-state index contributed by atoms with van der Waals surface area (Å²) in [5.41, 5.74) is 0.305. The maximum atomic E-state index is 12.2. The molecule has 7 heteroatoms. The van der Waals surface area contributed by atoms with Crippen LogP contribution in [-0.2, 0) is 6.54 Å². The van der Waals surface area contributed by atoms with Crippen molar-refractivity contribution in [3.63, 3.8) is 0 Å². The van der Waals surface area contributed by atoms with Crippen molar-refractivity contribution in [1.29, 1.82) is 0 Å². The van der Waals surface area contributed by atoms with Crippen LogP contribution in [-0.4, -0.2) is 22.8 Å². The van der Waals surface area contributed by atoms with Crippen LogP contribution in [0.15, 0.2) is 33.4 Å². The Morgan fingerprint density at radius 1 is 1.37 bits per heavy atom. The van der Waals surface area contributed by atoms with Crippen molar-refractivity contribution in [2.45, 2.75) is 6.54 Å². The van der Waals surface area contributed by atoms with Gasteiger partial charge in [-0.25, -0.2) is 4.98 Å². The molecule has 2 heterocycles. The Hall–Kier alpha value is -1.04. The van der Waals surface area contributed by atoms with Crippen molar-refractivity contribution in [2.24, 2.45) is 0 Å². The summed E-state index contributed by atoms with van der Waals surface area (Å²) in [5, 5.41) is 0.337. The van der Waals surface area contributed by atoms with Crippen LogP contribution in [0.2, 0.25) is 10.3 Å². The van der Waals surface area contributed by atoms with E-state index >= 15 is 0 Å². The predicted octanol–water partition coefficient (Wildman–Crippen LogP) is 4.02. The number of furan rings is 1. The molecule has 0 atom stereocenters. The standard InChI is InChI=1S/C12H9BrCl2N2O2/c1-17(6-7-2-4-9(13)19-7)12(18)8-3-5-10(14)16-11(8)15/h2-5H,6H2,1H3. The van der Waals surface area contributed by atoms with Gasteiger partial charge in [0.05, 0.1) is 12.1 Å². The fourth-order valence-electron chi connectivity index (χ4n) is 1.52. The first-order valence-corrected chi connectivity index (χ1v) is 6.84. The molecule has 2 rings (SSSR count). The van der Waals surface area contributed by atoms with E-state index in [2.05, 4.69) is 20.9 Å². The van der Waals surface area contributed by atoms with Crippen molar-refractivity contribution < 1.29 is 9.21 Å². The SMILES string of the molecule is CN(Cc1ccc(Br)o1)C(=O)c1ccc(Cl)nc1Cl. The van der Waals surface area contributed by atoms with Gasteiger partial charge in [0.1, 0.15) is 16.1 Å². The van der Waals surface area contributed by atoms with Crippen molar-refractivity contribution >= 4 is 45.0 Å². The molecule has 0 saturated carbocycles. The summed E-state index contributed by atoms with van der Waals surface area (Å²) in [5.74, 6) is 0.419. The molecule has 19 heavy (non-hydrogen) atoms. The van der Waals surface area contributed by atoms with Gasteiger partial charge in [-0.3, -0.25) is 4.79 Å². The molecule has 0 aromatic carbocycles. The molecule has 100 valence electrons. The van der Waals surface area contributed by atoms with Crippen molar-refractivity contribution in [1.82, 2.24) is 9.88 Å². The Labute approximate surface area is 128 Å². The van der Waals surface area contributed by atoms with E-state index < -0.39 is 0 Å². The number of rotatable bonds is 3. The first-order valence-electron chi connectivity index (χ1n) is 5.29. The van der Waals surface area contributed by atoms with E-state index in [1.54, 1.807) is 25.2 Å². The number of nitrogens with zero attached hydrogens (tertiary/aromatic N) is 2. The number of amides is 1. The molecule has 1 amide bonds. The fourth-order valence-corrected chi connectivity index (χ4v) is 2.29. The molecule has 2 aromatic rings. The third kappa shape index (κ3) is 3.49. The van der Waals surface area contributed by atoms with Gasteiger partial charge in [0.25, 0.3) is 5.91 Å². The highest BCUT2D eigenvalue weighted by Gasteiger charge is 2.17. The number of carbonyl (C=O) groups excluding carboxylic acids is 1. The highest BCUT2D eigenvalue weighted by molar-refractivity contribution is 9.10. The zero-order valence-corrected chi connectivity index (χ0v) is 13.0. The second-order valence-electron chi connectivity index (χ2n) is 3.84. The van der Waals surface area contributed by atoms with Gasteiger partial charge in [-0.15, -0.1) is 0 Å². The second kappa shape index (κ2) is 5.94. The Kier molecular flexibility index (Phi) is 4.50. The number of pyridine rings is 1. The summed E-state index contributed by atoms with van der Waals surface area (Å²) in [7, 11) is 1.66. The monoisotopic (exact) mass is 362 g/mol. The van der Waals surface area contributed by atoms with Gasteiger partial charge >= 0.3 is 0 Å². The third-order valence-electron chi connectivity index (χ3n) is 2.41. The average Bonchev–Trinajstić information content (AvgIpc) is 2.74. The van der Waals surface area contributed by atoms with E-state index in [0.29, 0.717) is 22.5 Å². The Balaban J connectivity index is 2.14. The van der Waals surface area contributed by atoms with Crippen molar-refractivity contribution in [3.8, 4) is 0 Å². The molecule has 0 spiro atoms. The van der Waals surface area contributed by atoms with Crippen molar-refractivity contribution in [3.05, 3.63) is 50.6 Å². The van der Waals surface area contributed by atoms with Gasteiger partial charge in [0.15, 0.2) is 4.67 Å². The Morgan fingerprint density at radius 3 is 2.68 bits per heavy atom. The molecule has 0 N–H and O–H groups in total. The van der Waals surface area contributed by atoms with Crippen LogP contribution in [0.5, 0.6) is 0 Å². The lowest BCUT2D eigenvalue weighted by molar-refractivity contribution is 0.0775. The van der Waals surface area contributed by atoms with Crippen LogP contribution in [0.1, 0.15) is 16.1 Å². The maximum Gasteiger partial charge on any atom is 0.257 e. The summed E-state index contributed by atoms with van der Waals surface area (Å²) in [6.07, 6.45) is 0. The van der Waals surface area contributed by atoms with Crippen molar-refractivity contribution in [2.75, 3.05) is 7.05 Å². The topological polar surface area (TPSA) is 46.3 Å².